The quantitative estimate of drug-likeness (QED) is 0.159. The van der Waals surface area contributed by atoms with Crippen LogP contribution in [0.25, 0.3) is 88.7 Å². The molecule has 1 heterocycles. The number of hydrogen-bond donors (Lipinski definition) is 0. The second kappa shape index (κ2) is 15.2. The number of hydrogen-bond acceptors (Lipinski definition) is 2. The highest BCUT2D eigenvalue weighted by atomic mass is 16.3. The van der Waals surface area contributed by atoms with Crippen LogP contribution in [-0.4, -0.2) is 0 Å². The number of benzene rings is 10. The second-order valence-electron chi connectivity index (χ2n) is 19.7. The van der Waals surface area contributed by atoms with Gasteiger partial charge in [-0.3, -0.25) is 0 Å². The Balaban J connectivity index is 0.905. The van der Waals surface area contributed by atoms with Crippen molar-refractivity contribution < 1.29 is 4.42 Å². The first-order valence-electron chi connectivity index (χ1n) is 23.8. The second-order valence-corrected chi connectivity index (χ2v) is 19.7. The Morgan fingerprint density at radius 3 is 1.26 bits per heavy atom. The third kappa shape index (κ3) is 6.25. The van der Waals surface area contributed by atoms with Crippen LogP contribution < -0.4 is 4.90 Å². The van der Waals surface area contributed by atoms with Crippen molar-refractivity contribution in [3.8, 4) is 66.8 Å². The van der Waals surface area contributed by atoms with Crippen LogP contribution in [0.4, 0.5) is 17.1 Å². The van der Waals surface area contributed by atoms with E-state index in [-0.39, 0.29) is 10.8 Å². The molecule has 0 N–H and O–H groups in total. The van der Waals surface area contributed by atoms with E-state index in [1.54, 1.807) is 0 Å². The molecule has 11 aromatic rings. The lowest BCUT2D eigenvalue weighted by Crippen LogP contribution is -2.18. The maximum atomic E-state index is 6.53. The van der Waals surface area contributed by atoms with Crippen LogP contribution in [0.1, 0.15) is 49.9 Å². The summed E-state index contributed by atoms with van der Waals surface area (Å²) in [4.78, 5) is 2.46. The zero-order chi connectivity index (χ0) is 45.7. The lowest BCUT2D eigenvalue weighted by molar-refractivity contribution is 0.660. The molecule has 68 heavy (non-hydrogen) atoms. The molecule has 0 saturated heterocycles. The molecule has 1 aromatic heterocycles. The predicted octanol–water partition coefficient (Wildman–Crippen LogP) is 18.3. The van der Waals surface area contributed by atoms with E-state index in [4.69, 9.17) is 4.42 Å². The van der Waals surface area contributed by atoms with Crippen LogP contribution in [0.3, 0.4) is 0 Å². The molecule has 0 radical (unpaired) electrons. The average Bonchev–Trinajstić information content (AvgIpc) is 3.96. The van der Waals surface area contributed by atoms with Crippen LogP contribution >= 0.6 is 0 Å². The fourth-order valence-corrected chi connectivity index (χ4v) is 11.4. The van der Waals surface area contributed by atoms with Crippen LogP contribution in [0, 0.1) is 0 Å². The summed E-state index contributed by atoms with van der Waals surface area (Å²) in [5, 5.41) is 2.30. The summed E-state index contributed by atoms with van der Waals surface area (Å²) in [7, 11) is 0. The molecule has 0 saturated carbocycles. The molecule has 10 aromatic carbocycles. The Morgan fingerprint density at radius 2 is 0.691 bits per heavy atom. The van der Waals surface area contributed by atoms with Crippen molar-refractivity contribution in [3.63, 3.8) is 0 Å². The molecule has 0 aliphatic heterocycles. The van der Waals surface area contributed by atoms with Gasteiger partial charge in [0, 0.05) is 44.2 Å². The zero-order valence-electron chi connectivity index (χ0n) is 38.7. The summed E-state index contributed by atoms with van der Waals surface area (Å²) in [5.41, 5.74) is 25.0. The van der Waals surface area contributed by atoms with Gasteiger partial charge in [-0.2, -0.15) is 0 Å². The van der Waals surface area contributed by atoms with Crippen molar-refractivity contribution in [2.75, 3.05) is 4.90 Å². The van der Waals surface area contributed by atoms with Gasteiger partial charge in [-0.15, -0.1) is 0 Å². The third-order valence-corrected chi connectivity index (χ3v) is 15.1. The van der Waals surface area contributed by atoms with Crippen molar-refractivity contribution in [2.45, 2.75) is 38.5 Å². The van der Waals surface area contributed by atoms with Crippen LogP contribution in [0.15, 0.2) is 229 Å². The lowest BCUT2D eigenvalue weighted by Gasteiger charge is -2.30. The smallest absolute Gasteiger partial charge is 0.143 e. The summed E-state index contributed by atoms with van der Waals surface area (Å²) >= 11 is 0. The number of rotatable bonds is 7. The van der Waals surface area contributed by atoms with Gasteiger partial charge in [0.15, 0.2) is 0 Å². The van der Waals surface area contributed by atoms with Crippen molar-refractivity contribution in [1.82, 2.24) is 0 Å². The molecule has 0 bridgehead atoms. The summed E-state index contributed by atoms with van der Waals surface area (Å²) < 4.78 is 6.53. The Hall–Kier alpha value is -8.20. The number of para-hydroxylation sites is 2. The molecule has 0 unspecified atom stereocenters. The molecular formula is C66H49NO. The zero-order valence-corrected chi connectivity index (χ0v) is 38.7. The summed E-state index contributed by atoms with van der Waals surface area (Å²) in [6.45, 7) is 9.54. The molecule has 2 aliphatic carbocycles. The first-order valence-corrected chi connectivity index (χ1v) is 23.8. The van der Waals surface area contributed by atoms with Gasteiger partial charge >= 0.3 is 0 Å². The molecule has 13 rings (SSSR count). The van der Waals surface area contributed by atoms with E-state index in [1.165, 1.54) is 83.5 Å². The Labute approximate surface area is 398 Å². The largest absolute Gasteiger partial charge is 0.455 e. The summed E-state index contributed by atoms with van der Waals surface area (Å²) in [6.07, 6.45) is 0. The Kier molecular flexibility index (Phi) is 8.95. The highest BCUT2D eigenvalue weighted by Crippen LogP contribution is 2.54. The fraction of sp³-hybridized carbons (Fsp3) is 0.0909. The van der Waals surface area contributed by atoms with Gasteiger partial charge in [0.05, 0.1) is 0 Å². The standard InChI is InChI=1S/C66H49NO/c1-65(2)59-38-47(43-16-9-6-10-17-43)28-34-53(59)55-36-32-50(40-61(55)65)67(49-30-26-46(27-31-49)45-24-22-44(23-25-45)42-14-7-5-8-15-42)51-33-37-56-54-35-29-48(39-60(54)66(3,4)62(56)41-51)52-19-13-20-58-57-18-11-12-21-63(57)68-64(52)58/h5-41H,1-4H3. The van der Waals surface area contributed by atoms with Crippen molar-refractivity contribution in [1.29, 1.82) is 0 Å². The molecule has 0 amide bonds. The molecule has 0 spiro atoms. The summed E-state index contributed by atoms with van der Waals surface area (Å²) in [6, 6.07) is 82.5. The van der Waals surface area contributed by atoms with E-state index >= 15 is 0 Å². The number of fused-ring (bicyclic) bond motifs is 9. The highest BCUT2D eigenvalue weighted by Gasteiger charge is 2.38. The first-order chi connectivity index (χ1) is 33.2. The van der Waals surface area contributed by atoms with Gasteiger partial charge in [0.25, 0.3) is 0 Å². The number of anilines is 3. The van der Waals surface area contributed by atoms with Crippen molar-refractivity contribution >= 4 is 39.0 Å². The van der Waals surface area contributed by atoms with Gasteiger partial charge in [-0.1, -0.05) is 198 Å². The Bertz CT molecular complexity index is 3760. The van der Waals surface area contributed by atoms with Gasteiger partial charge < -0.3 is 9.32 Å². The SMILES string of the molecule is CC1(C)c2cc(-c3ccccc3)ccc2-c2ccc(N(c3ccc(-c4ccc(-c5ccccc5)cc4)cc3)c3ccc4c(c3)C(C)(C)c3cc(-c5cccc6c5oc5ccccc56)ccc3-4)cc21. The first kappa shape index (κ1) is 40.1. The molecule has 2 aliphatic rings. The van der Waals surface area contributed by atoms with Gasteiger partial charge in [-0.05, 0) is 138 Å². The van der Waals surface area contributed by atoms with E-state index in [1.807, 2.05) is 6.07 Å². The van der Waals surface area contributed by atoms with Crippen LogP contribution in [-0.2, 0) is 10.8 Å². The third-order valence-electron chi connectivity index (χ3n) is 15.1. The monoisotopic (exact) mass is 871 g/mol. The molecule has 2 nitrogen and oxygen atoms in total. The maximum Gasteiger partial charge on any atom is 0.143 e. The normalized spacial score (nSPS) is 13.8. The summed E-state index contributed by atoms with van der Waals surface area (Å²) in [5.74, 6) is 0. The molecule has 2 heteroatoms. The van der Waals surface area contributed by atoms with Crippen LogP contribution in [0.5, 0.6) is 0 Å². The fourth-order valence-electron chi connectivity index (χ4n) is 11.4. The molecular weight excluding hydrogens is 823 g/mol. The van der Waals surface area contributed by atoms with Crippen molar-refractivity contribution in [2.24, 2.45) is 0 Å². The maximum absolute atomic E-state index is 6.53. The van der Waals surface area contributed by atoms with E-state index in [2.05, 4.69) is 251 Å². The molecule has 0 atom stereocenters. The lowest BCUT2D eigenvalue weighted by atomic mass is 9.81. The van der Waals surface area contributed by atoms with Crippen molar-refractivity contribution in [3.05, 3.63) is 247 Å². The highest BCUT2D eigenvalue weighted by molar-refractivity contribution is 6.09. The minimum absolute atomic E-state index is 0.196. The van der Waals surface area contributed by atoms with Gasteiger partial charge in [0.2, 0.25) is 0 Å². The van der Waals surface area contributed by atoms with E-state index < -0.39 is 0 Å². The minimum atomic E-state index is -0.252. The molecule has 324 valence electrons. The van der Waals surface area contributed by atoms with E-state index in [0.717, 1.165) is 44.6 Å². The van der Waals surface area contributed by atoms with Gasteiger partial charge in [0.1, 0.15) is 11.2 Å². The van der Waals surface area contributed by atoms with E-state index in [0.29, 0.717) is 0 Å². The minimum Gasteiger partial charge on any atom is -0.455 e. The van der Waals surface area contributed by atoms with E-state index in [9.17, 15) is 0 Å². The number of furan rings is 1. The van der Waals surface area contributed by atoms with Gasteiger partial charge in [-0.25, -0.2) is 0 Å². The Morgan fingerprint density at radius 1 is 0.294 bits per heavy atom. The van der Waals surface area contributed by atoms with Crippen LogP contribution in [0.2, 0.25) is 0 Å². The number of nitrogens with zero attached hydrogens (tertiary/aromatic N) is 1. The predicted molar refractivity (Wildman–Crippen MR) is 285 cm³/mol. The average molecular weight is 872 g/mol. The molecule has 0 fully saturated rings. The topological polar surface area (TPSA) is 16.4 Å².